The molecule has 0 atom stereocenters. The van der Waals surface area contributed by atoms with Crippen LogP contribution in [0.2, 0.25) is 0 Å². The minimum Gasteiger partial charge on any atom is -0.493 e. The van der Waals surface area contributed by atoms with Gasteiger partial charge in [0.2, 0.25) is 5.76 Å². The molecule has 1 amide bonds. The first-order valence-electron chi connectivity index (χ1n) is 11.4. The van der Waals surface area contributed by atoms with E-state index in [9.17, 15) is 9.59 Å². The molecule has 0 saturated carbocycles. The number of nitrogens with one attached hydrogen (secondary N) is 1. The highest BCUT2D eigenvalue weighted by molar-refractivity contribution is 6.10. The van der Waals surface area contributed by atoms with Gasteiger partial charge in [-0.25, -0.2) is 9.78 Å². The number of carboxylic acid groups (broad SMARTS) is 1. The quantitative estimate of drug-likeness (QED) is 0.405. The largest absolute Gasteiger partial charge is 0.493 e. The number of piperidine rings is 1. The Bertz CT molecular complexity index is 1340. The Morgan fingerprint density at radius 3 is 2.69 bits per heavy atom. The van der Waals surface area contributed by atoms with Gasteiger partial charge in [-0.2, -0.15) is 0 Å². The van der Waals surface area contributed by atoms with Crippen molar-refractivity contribution in [3.05, 3.63) is 78.2 Å². The molecule has 4 aromatic rings. The fourth-order valence-corrected chi connectivity index (χ4v) is 4.15. The average Bonchev–Trinajstić information content (AvgIpc) is 3.33. The Hall–Kier alpha value is -4.40. The van der Waals surface area contributed by atoms with Gasteiger partial charge < -0.3 is 24.6 Å². The van der Waals surface area contributed by atoms with E-state index >= 15 is 0 Å². The van der Waals surface area contributed by atoms with E-state index in [0.29, 0.717) is 34.9 Å². The monoisotopic (exact) mass is 472 g/mol. The molecule has 9 nitrogen and oxygen atoms in total. The molecule has 2 N–H and O–H groups in total. The normalized spacial score (nSPS) is 14.1. The SMILES string of the molecule is O=C(O)c1cccc(OCC2CCN(c3ccc(NC(=O)c4onc5ccccc45)cn3)CC2)c1. The molecule has 0 spiro atoms. The van der Waals surface area contributed by atoms with Gasteiger partial charge in [0.25, 0.3) is 5.91 Å². The van der Waals surface area contributed by atoms with Gasteiger partial charge in [0, 0.05) is 13.1 Å². The second kappa shape index (κ2) is 9.84. The number of fused-ring (bicyclic) bond motifs is 1. The summed E-state index contributed by atoms with van der Waals surface area (Å²) in [6.07, 6.45) is 3.52. The van der Waals surface area contributed by atoms with Gasteiger partial charge in [-0.15, -0.1) is 0 Å². The topological polar surface area (TPSA) is 118 Å². The number of ether oxygens (including phenoxy) is 1. The van der Waals surface area contributed by atoms with Gasteiger partial charge in [0.05, 0.1) is 29.4 Å². The Morgan fingerprint density at radius 2 is 1.91 bits per heavy atom. The minimum atomic E-state index is -0.965. The second-order valence-corrected chi connectivity index (χ2v) is 8.46. The van der Waals surface area contributed by atoms with Crippen molar-refractivity contribution in [2.75, 3.05) is 29.9 Å². The molecule has 1 saturated heterocycles. The lowest BCUT2D eigenvalue weighted by Crippen LogP contribution is -2.36. The van der Waals surface area contributed by atoms with Gasteiger partial charge in [0.1, 0.15) is 17.1 Å². The number of carbonyl (C=O) groups is 2. The van der Waals surface area contributed by atoms with E-state index in [2.05, 4.69) is 20.4 Å². The van der Waals surface area contributed by atoms with E-state index < -0.39 is 5.97 Å². The first-order valence-corrected chi connectivity index (χ1v) is 11.4. The summed E-state index contributed by atoms with van der Waals surface area (Å²) in [6, 6.07) is 17.5. The van der Waals surface area contributed by atoms with Crippen LogP contribution in [0.5, 0.6) is 5.75 Å². The predicted molar refractivity (Wildman–Crippen MR) is 130 cm³/mol. The maximum atomic E-state index is 12.6. The Morgan fingerprint density at radius 1 is 1.09 bits per heavy atom. The molecule has 3 heterocycles. The number of rotatable bonds is 7. The zero-order valence-electron chi connectivity index (χ0n) is 18.9. The molecule has 2 aromatic heterocycles. The number of hydrogen-bond acceptors (Lipinski definition) is 7. The van der Waals surface area contributed by atoms with Crippen LogP contribution in [0, 0.1) is 5.92 Å². The third-order valence-corrected chi connectivity index (χ3v) is 6.10. The molecule has 0 radical (unpaired) electrons. The van der Waals surface area contributed by atoms with E-state index in [1.807, 2.05) is 24.3 Å². The molecule has 0 aliphatic carbocycles. The van der Waals surface area contributed by atoms with Gasteiger partial charge in [-0.1, -0.05) is 23.4 Å². The average molecular weight is 473 g/mol. The minimum absolute atomic E-state index is 0.170. The Labute approximate surface area is 201 Å². The lowest BCUT2D eigenvalue weighted by atomic mass is 9.98. The number of anilines is 2. The number of aromatic carboxylic acids is 1. The van der Waals surface area contributed by atoms with E-state index in [-0.39, 0.29) is 17.2 Å². The number of aromatic nitrogens is 2. The highest BCUT2D eigenvalue weighted by atomic mass is 16.5. The number of carboxylic acids is 1. The summed E-state index contributed by atoms with van der Waals surface area (Å²) in [5, 5.41) is 16.5. The van der Waals surface area contributed by atoms with Crippen LogP contribution in [-0.2, 0) is 0 Å². The lowest BCUT2D eigenvalue weighted by molar-refractivity contribution is 0.0696. The zero-order valence-corrected chi connectivity index (χ0v) is 18.9. The number of nitrogens with zero attached hydrogens (tertiary/aromatic N) is 3. The van der Waals surface area contributed by atoms with Crippen LogP contribution in [0.15, 0.2) is 71.4 Å². The number of pyridine rings is 1. The molecule has 1 fully saturated rings. The molecule has 0 unspecified atom stereocenters. The molecule has 5 rings (SSSR count). The second-order valence-electron chi connectivity index (χ2n) is 8.46. The van der Waals surface area contributed by atoms with Crippen LogP contribution in [0.3, 0.4) is 0 Å². The summed E-state index contributed by atoms with van der Waals surface area (Å²) in [4.78, 5) is 30.4. The van der Waals surface area contributed by atoms with Crippen molar-refractivity contribution in [1.29, 1.82) is 0 Å². The Balaban J connectivity index is 1.13. The summed E-state index contributed by atoms with van der Waals surface area (Å²) >= 11 is 0. The smallest absolute Gasteiger partial charge is 0.335 e. The molecule has 1 aliphatic heterocycles. The van der Waals surface area contributed by atoms with E-state index in [1.165, 1.54) is 0 Å². The molecular formula is C26H24N4O5. The summed E-state index contributed by atoms with van der Waals surface area (Å²) in [6.45, 7) is 2.23. The van der Waals surface area contributed by atoms with Crippen molar-refractivity contribution >= 4 is 34.3 Å². The summed E-state index contributed by atoms with van der Waals surface area (Å²) in [5.41, 5.74) is 1.43. The van der Waals surface area contributed by atoms with Crippen LogP contribution < -0.4 is 15.0 Å². The molecule has 178 valence electrons. The van der Waals surface area contributed by atoms with Crippen molar-refractivity contribution in [3.8, 4) is 5.75 Å². The lowest BCUT2D eigenvalue weighted by Gasteiger charge is -2.32. The molecule has 1 aliphatic rings. The standard InChI is InChI=1S/C26H24N4O5/c31-25(24-21-6-1-2-7-22(21)29-35-24)28-19-8-9-23(27-15-19)30-12-10-17(11-13-30)16-34-20-5-3-4-18(14-20)26(32)33/h1-9,14-15,17H,10-13,16H2,(H,28,31)(H,32,33). The third-order valence-electron chi connectivity index (χ3n) is 6.10. The van der Waals surface area contributed by atoms with Gasteiger partial charge >= 0.3 is 5.97 Å². The maximum Gasteiger partial charge on any atom is 0.335 e. The summed E-state index contributed by atoms with van der Waals surface area (Å²) in [7, 11) is 0. The fraction of sp³-hybridized carbons (Fsp3) is 0.231. The summed E-state index contributed by atoms with van der Waals surface area (Å²) < 4.78 is 11.1. The maximum absolute atomic E-state index is 12.6. The van der Waals surface area contributed by atoms with Crippen molar-refractivity contribution in [2.45, 2.75) is 12.8 Å². The first-order chi connectivity index (χ1) is 17.1. The molecule has 0 bridgehead atoms. The molecule has 35 heavy (non-hydrogen) atoms. The first kappa shape index (κ1) is 22.4. The summed E-state index contributed by atoms with van der Waals surface area (Å²) in [5.74, 6) is 0.640. The third kappa shape index (κ3) is 5.08. The van der Waals surface area contributed by atoms with Gasteiger partial charge in [-0.3, -0.25) is 4.79 Å². The van der Waals surface area contributed by atoms with Crippen LogP contribution in [0.1, 0.15) is 33.8 Å². The fourth-order valence-electron chi connectivity index (χ4n) is 4.15. The molecule has 2 aromatic carbocycles. The highest BCUT2D eigenvalue weighted by Crippen LogP contribution is 2.25. The zero-order chi connectivity index (χ0) is 24.2. The Kier molecular flexibility index (Phi) is 6.30. The number of benzene rings is 2. The molecular weight excluding hydrogens is 448 g/mol. The van der Waals surface area contributed by atoms with Crippen LogP contribution in [0.4, 0.5) is 11.5 Å². The van der Waals surface area contributed by atoms with E-state index in [0.717, 1.165) is 31.7 Å². The van der Waals surface area contributed by atoms with Gasteiger partial charge in [0.15, 0.2) is 0 Å². The number of amides is 1. The van der Waals surface area contributed by atoms with Crippen LogP contribution in [0.25, 0.3) is 10.9 Å². The van der Waals surface area contributed by atoms with E-state index in [4.69, 9.17) is 14.4 Å². The van der Waals surface area contributed by atoms with Crippen molar-refractivity contribution < 1.29 is 24.0 Å². The predicted octanol–water partition coefficient (Wildman–Crippen LogP) is 4.47. The van der Waals surface area contributed by atoms with Crippen LogP contribution in [-0.4, -0.2) is 46.8 Å². The van der Waals surface area contributed by atoms with Crippen molar-refractivity contribution in [3.63, 3.8) is 0 Å². The van der Waals surface area contributed by atoms with Crippen molar-refractivity contribution in [2.24, 2.45) is 5.92 Å². The van der Waals surface area contributed by atoms with Crippen molar-refractivity contribution in [1.82, 2.24) is 10.1 Å². The highest BCUT2D eigenvalue weighted by Gasteiger charge is 2.21. The van der Waals surface area contributed by atoms with Gasteiger partial charge in [-0.05, 0) is 61.2 Å². The number of hydrogen-bond donors (Lipinski definition) is 2. The molecule has 9 heteroatoms. The van der Waals surface area contributed by atoms with Crippen LogP contribution >= 0.6 is 0 Å². The number of carbonyl (C=O) groups excluding carboxylic acids is 1. The van der Waals surface area contributed by atoms with E-state index in [1.54, 1.807) is 42.6 Å².